The number of hydrogen-bond donors (Lipinski definition) is 1. The van der Waals surface area contributed by atoms with Crippen molar-refractivity contribution >= 4 is 27.5 Å². The second kappa shape index (κ2) is 6.67. The molecule has 0 saturated heterocycles. The van der Waals surface area contributed by atoms with Gasteiger partial charge in [-0.1, -0.05) is 27.5 Å². The first kappa shape index (κ1) is 15.4. The summed E-state index contributed by atoms with van der Waals surface area (Å²) in [7, 11) is 1.56. The van der Waals surface area contributed by atoms with Gasteiger partial charge in [-0.25, -0.2) is 4.39 Å². The molecule has 0 bridgehead atoms. The molecule has 0 aliphatic rings. The number of methoxy groups -OCH3 is 1. The fourth-order valence-corrected chi connectivity index (χ4v) is 2.49. The molecule has 108 valence electrons. The van der Waals surface area contributed by atoms with Crippen LogP contribution < -0.4 is 0 Å². The third-order valence-corrected chi connectivity index (χ3v) is 3.64. The van der Waals surface area contributed by atoms with Crippen LogP contribution in [-0.4, -0.2) is 28.6 Å². The zero-order valence-corrected chi connectivity index (χ0v) is 13.0. The molecule has 0 fully saturated rings. The van der Waals surface area contributed by atoms with Gasteiger partial charge in [-0.2, -0.15) is 5.10 Å². The van der Waals surface area contributed by atoms with E-state index in [0.29, 0.717) is 23.3 Å². The first-order valence-electron chi connectivity index (χ1n) is 5.87. The van der Waals surface area contributed by atoms with E-state index in [1.807, 2.05) is 0 Å². The molecular formula is C13H13BrClFN2O2. The topological polar surface area (TPSA) is 47.3 Å². The number of rotatable bonds is 5. The molecule has 20 heavy (non-hydrogen) atoms. The minimum Gasteiger partial charge on any atom is -0.383 e. The van der Waals surface area contributed by atoms with Crippen molar-refractivity contribution in [3.63, 3.8) is 0 Å². The first-order chi connectivity index (χ1) is 9.54. The lowest BCUT2D eigenvalue weighted by atomic mass is 10.1. The Morgan fingerprint density at radius 3 is 3.00 bits per heavy atom. The van der Waals surface area contributed by atoms with Crippen LogP contribution in [0.1, 0.15) is 17.4 Å². The Hall–Kier alpha value is -0.950. The van der Waals surface area contributed by atoms with Gasteiger partial charge in [0, 0.05) is 17.1 Å². The quantitative estimate of drug-likeness (QED) is 0.887. The van der Waals surface area contributed by atoms with Crippen molar-refractivity contribution in [2.75, 3.05) is 13.7 Å². The fraction of sp³-hybridized carbons (Fsp3) is 0.308. The third-order valence-electron chi connectivity index (χ3n) is 2.85. The van der Waals surface area contributed by atoms with Gasteiger partial charge in [-0.05, 0) is 18.2 Å². The minimum absolute atomic E-state index is 0.139. The van der Waals surface area contributed by atoms with E-state index in [9.17, 15) is 9.50 Å². The summed E-state index contributed by atoms with van der Waals surface area (Å²) in [5, 5.41) is 14.7. The molecule has 2 rings (SSSR count). The Balaban J connectivity index is 2.39. The molecule has 1 N–H and O–H groups in total. The van der Waals surface area contributed by atoms with Crippen LogP contribution in [0.3, 0.4) is 0 Å². The van der Waals surface area contributed by atoms with Crippen molar-refractivity contribution in [2.45, 2.75) is 12.6 Å². The van der Waals surface area contributed by atoms with E-state index >= 15 is 0 Å². The molecular weight excluding hydrogens is 351 g/mol. The van der Waals surface area contributed by atoms with E-state index in [4.69, 9.17) is 16.3 Å². The number of aliphatic hydroxyl groups excluding tert-OH is 1. The van der Waals surface area contributed by atoms with E-state index in [-0.39, 0.29) is 10.6 Å². The van der Waals surface area contributed by atoms with Gasteiger partial charge >= 0.3 is 0 Å². The number of halogens is 3. The number of aliphatic hydroxyl groups is 1. The maximum Gasteiger partial charge on any atom is 0.129 e. The van der Waals surface area contributed by atoms with Crippen molar-refractivity contribution in [1.29, 1.82) is 0 Å². The Labute approximate surface area is 129 Å². The summed E-state index contributed by atoms with van der Waals surface area (Å²) >= 11 is 9.30. The van der Waals surface area contributed by atoms with Crippen LogP contribution in [0.4, 0.5) is 4.39 Å². The molecule has 1 aromatic heterocycles. The molecule has 0 radical (unpaired) electrons. The summed E-state index contributed by atoms with van der Waals surface area (Å²) in [5.41, 5.74) is 0.487. The van der Waals surface area contributed by atoms with E-state index in [1.165, 1.54) is 23.0 Å². The highest BCUT2D eigenvalue weighted by Gasteiger charge is 2.22. The van der Waals surface area contributed by atoms with E-state index < -0.39 is 11.9 Å². The van der Waals surface area contributed by atoms with Crippen molar-refractivity contribution in [3.8, 4) is 0 Å². The summed E-state index contributed by atoms with van der Waals surface area (Å²) in [5.74, 6) is -0.503. The van der Waals surface area contributed by atoms with Crippen molar-refractivity contribution in [1.82, 2.24) is 9.78 Å². The molecule has 0 amide bonds. The molecule has 1 heterocycles. The zero-order chi connectivity index (χ0) is 14.7. The van der Waals surface area contributed by atoms with Crippen molar-refractivity contribution < 1.29 is 14.2 Å². The SMILES string of the molecule is COCCn1ncc(Cl)c1C(O)c1cc(Br)ccc1F. The molecule has 0 saturated carbocycles. The van der Waals surface area contributed by atoms with Gasteiger partial charge in [-0.3, -0.25) is 4.68 Å². The second-order valence-corrected chi connectivity index (χ2v) is 5.48. The predicted molar refractivity (Wildman–Crippen MR) is 77.3 cm³/mol. The Bertz CT molecular complexity index is 606. The molecule has 4 nitrogen and oxygen atoms in total. The summed E-state index contributed by atoms with van der Waals surface area (Å²) in [6.07, 6.45) is 0.227. The second-order valence-electron chi connectivity index (χ2n) is 4.16. The average molecular weight is 364 g/mol. The van der Waals surface area contributed by atoms with E-state index in [2.05, 4.69) is 21.0 Å². The summed E-state index contributed by atoms with van der Waals surface area (Å²) < 4.78 is 21.0. The molecule has 1 aromatic carbocycles. The van der Waals surface area contributed by atoms with Crippen LogP contribution >= 0.6 is 27.5 Å². The number of aromatic nitrogens is 2. The minimum atomic E-state index is -1.20. The van der Waals surface area contributed by atoms with Gasteiger partial charge in [-0.15, -0.1) is 0 Å². The lowest BCUT2D eigenvalue weighted by molar-refractivity contribution is 0.170. The fourth-order valence-electron chi connectivity index (χ4n) is 1.87. The lowest BCUT2D eigenvalue weighted by Crippen LogP contribution is -2.14. The molecule has 7 heteroatoms. The number of ether oxygens (including phenoxy) is 1. The van der Waals surface area contributed by atoms with Gasteiger partial charge in [0.1, 0.15) is 11.9 Å². The van der Waals surface area contributed by atoms with Crippen LogP contribution in [0.5, 0.6) is 0 Å². The Kier molecular flexibility index (Phi) is 5.15. The average Bonchev–Trinajstić information content (AvgIpc) is 2.79. The number of benzene rings is 1. The first-order valence-corrected chi connectivity index (χ1v) is 7.05. The molecule has 2 aromatic rings. The smallest absolute Gasteiger partial charge is 0.129 e. The number of hydrogen-bond acceptors (Lipinski definition) is 3. The van der Waals surface area contributed by atoms with Gasteiger partial charge in [0.2, 0.25) is 0 Å². The van der Waals surface area contributed by atoms with Gasteiger partial charge < -0.3 is 9.84 Å². The van der Waals surface area contributed by atoms with Crippen molar-refractivity contribution in [3.05, 3.63) is 51.0 Å². The standard InChI is InChI=1S/C13H13BrClFN2O2/c1-20-5-4-18-12(10(15)7-17-18)13(19)9-6-8(14)2-3-11(9)16/h2-3,6-7,13,19H,4-5H2,1H3. The molecule has 0 spiro atoms. The Morgan fingerprint density at radius 1 is 1.55 bits per heavy atom. The van der Waals surface area contributed by atoms with E-state index in [0.717, 1.165) is 0 Å². The summed E-state index contributed by atoms with van der Waals surface area (Å²) in [6, 6.07) is 4.37. The number of nitrogens with zero attached hydrogens (tertiary/aromatic N) is 2. The molecule has 1 unspecified atom stereocenters. The largest absolute Gasteiger partial charge is 0.383 e. The zero-order valence-electron chi connectivity index (χ0n) is 10.7. The highest BCUT2D eigenvalue weighted by atomic mass is 79.9. The predicted octanol–water partition coefficient (Wildman–Crippen LogP) is 3.17. The van der Waals surface area contributed by atoms with Crippen LogP contribution in [0, 0.1) is 5.82 Å². The molecule has 0 aliphatic carbocycles. The normalized spacial score (nSPS) is 12.7. The van der Waals surface area contributed by atoms with Gasteiger partial charge in [0.05, 0.1) is 30.1 Å². The highest BCUT2D eigenvalue weighted by molar-refractivity contribution is 9.10. The van der Waals surface area contributed by atoms with Crippen LogP contribution in [0.2, 0.25) is 5.02 Å². The molecule has 0 aliphatic heterocycles. The van der Waals surface area contributed by atoms with Crippen LogP contribution in [0.25, 0.3) is 0 Å². The highest BCUT2D eigenvalue weighted by Crippen LogP contribution is 2.31. The van der Waals surface area contributed by atoms with Gasteiger partial charge in [0.25, 0.3) is 0 Å². The summed E-state index contributed by atoms with van der Waals surface area (Å²) in [4.78, 5) is 0. The third kappa shape index (κ3) is 3.20. The van der Waals surface area contributed by atoms with Gasteiger partial charge in [0.15, 0.2) is 0 Å². The summed E-state index contributed by atoms with van der Waals surface area (Å²) in [6.45, 7) is 0.837. The van der Waals surface area contributed by atoms with Crippen LogP contribution in [0.15, 0.2) is 28.9 Å². The maximum atomic E-state index is 13.8. The Morgan fingerprint density at radius 2 is 2.30 bits per heavy atom. The lowest BCUT2D eigenvalue weighted by Gasteiger charge is -2.15. The van der Waals surface area contributed by atoms with E-state index in [1.54, 1.807) is 13.2 Å². The maximum absolute atomic E-state index is 13.8. The monoisotopic (exact) mass is 362 g/mol. The van der Waals surface area contributed by atoms with Crippen molar-refractivity contribution in [2.24, 2.45) is 0 Å². The van der Waals surface area contributed by atoms with Crippen LogP contribution in [-0.2, 0) is 11.3 Å². The molecule has 1 atom stereocenters.